The lowest BCUT2D eigenvalue weighted by atomic mass is 10.3. The summed E-state index contributed by atoms with van der Waals surface area (Å²) in [6.07, 6.45) is 0. The lowest BCUT2D eigenvalue weighted by molar-refractivity contribution is 0.185. The zero-order valence-electron chi connectivity index (χ0n) is 7.43. The third-order valence-corrected chi connectivity index (χ3v) is 1.91. The second-order valence-corrected chi connectivity index (χ2v) is 2.81. The summed E-state index contributed by atoms with van der Waals surface area (Å²) >= 11 is 0. The van der Waals surface area contributed by atoms with E-state index in [1.807, 2.05) is 0 Å². The van der Waals surface area contributed by atoms with E-state index < -0.39 is 0 Å². The first kappa shape index (κ1) is 9.05. The van der Waals surface area contributed by atoms with Crippen molar-refractivity contribution in [2.24, 2.45) is 0 Å². The Labute approximate surface area is 81.0 Å². The summed E-state index contributed by atoms with van der Waals surface area (Å²) in [5, 5.41) is 17.9. The fraction of sp³-hybridized carbons (Fsp3) is 0.200. The maximum absolute atomic E-state index is 8.94. The van der Waals surface area contributed by atoms with E-state index in [0.29, 0.717) is 11.5 Å². The molecule has 1 aromatic rings. The number of hydrogen-bond acceptors (Lipinski definition) is 4. The van der Waals surface area contributed by atoms with Crippen LogP contribution >= 0.6 is 0 Å². The maximum atomic E-state index is 8.94. The smallest absolute Gasteiger partial charge is 0.170 e. The summed E-state index contributed by atoms with van der Waals surface area (Å²) in [5.74, 6) is 1.61. The molecule has 1 aliphatic heterocycles. The van der Waals surface area contributed by atoms with Crippen molar-refractivity contribution in [3.05, 3.63) is 35.8 Å². The van der Waals surface area contributed by atoms with Crippen LogP contribution in [0.3, 0.4) is 0 Å². The second-order valence-electron chi connectivity index (χ2n) is 2.81. The van der Waals surface area contributed by atoms with Gasteiger partial charge in [-0.2, -0.15) is 0 Å². The van der Waals surface area contributed by atoms with E-state index in [1.165, 1.54) is 0 Å². The first-order valence-corrected chi connectivity index (χ1v) is 4.23. The number of fused-ring (bicyclic) bond motifs is 1. The molecule has 4 nitrogen and oxygen atoms in total. The molecule has 0 bridgehead atoms. The number of benzene rings is 1. The van der Waals surface area contributed by atoms with E-state index in [0.717, 1.165) is 0 Å². The highest BCUT2D eigenvalue weighted by molar-refractivity contribution is 5.44. The van der Waals surface area contributed by atoms with E-state index in [-0.39, 0.29) is 24.7 Å². The minimum absolute atomic E-state index is 0.256. The molecule has 0 atom stereocenters. The van der Waals surface area contributed by atoms with Crippen LogP contribution in [0, 0.1) is 0 Å². The highest BCUT2D eigenvalue weighted by atomic mass is 16.6. The first-order chi connectivity index (χ1) is 6.85. The van der Waals surface area contributed by atoms with Gasteiger partial charge in [-0.1, -0.05) is 12.1 Å². The minimum atomic E-state index is -0.287. The molecule has 1 heterocycles. The molecule has 0 fully saturated rings. The molecule has 14 heavy (non-hydrogen) atoms. The van der Waals surface area contributed by atoms with Gasteiger partial charge >= 0.3 is 0 Å². The van der Waals surface area contributed by atoms with Crippen LogP contribution < -0.4 is 9.47 Å². The summed E-state index contributed by atoms with van der Waals surface area (Å²) < 4.78 is 10.7. The van der Waals surface area contributed by atoms with Crippen LogP contribution in [0.1, 0.15) is 0 Å². The standard InChI is InChI=1S/C10H10O4/c11-5-9-10(6-12)14-8-4-2-1-3-7(8)13-9/h1-4,11-12H,5-6H2. The first-order valence-electron chi connectivity index (χ1n) is 4.23. The van der Waals surface area contributed by atoms with Gasteiger partial charge in [0.2, 0.25) is 0 Å². The summed E-state index contributed by atoms with van der Waals surface area (Å²) in [4.78, 5) is 0. The molecule has 0 unspecified atom stereocenters. The van der Waals surface area contributed by atoms with Crippen LogP contribution in [-0.2, 0) is 0 Å². The van der Waals surface area contributed by atoms with Crippen LogP contribution in [0.15, 0.2) is 35.8 Å². The van der Waals surface area contributed by atoms with Gasteiger partial charge in [-0.15, -0.1) is 0 Å². The van der Waals surface area contributed by atoms with E-state index in [4.69, 9.17) is 19.7 Å². The van der Waals surface area contributed by atoms with Gasteiger partial charge < -0.3 is 19.7 Å². The predicted octanol–water partition coefficient (Wildman–Crippen LogP) is 0.654. The molecule has 0 aromatic heterocycles. The van der Waals surface area contributed by atoms with Crippen molar-refractivity contribution in [2.45, 2.75) is 0 Å². The van der Waals surface area contributed by atoms with Crippen molar-refractivity contribution in [3.8, 4) is 11.5 Å². The summed E-state index contributed by atoms with van der Waals surface area (Å²) in [7, 11) is 0. The number of aliphatic hydroxyl groups is 2. The average Bonchev–Trinajstić information content (AvgIpc) is 2.27. The Kier molecular flexibility index (Phi) is 2.39. The molecule has 0 saturated carbocycles. The lowest BCUT2D eigenvalue weighted by Crippen LogP contribution is -2.16. The van der Waals surface area contributed by atoms with Crippen molar-refractivity contribution in [2.75, 3.05) is 13.2 Å². The molecule has 0 amide bonds. The Morgan fingerprint density at radius 3 is 1.64 bits per heavy atom. The molecule has 0 spiro atoms. The summed E-state index contributed by atoms with van der Waals surface area (Å²) in [5.41, 5.74) is 0. The van der Waals surface area contributed by atoms with E-state index in [9.17, 15) is 0 Å². The van der Waals surface area contributed by atoms with Crippen molar-refractivity contribution < 1.29 is 19.7 Å². The third kappa shape index (κ3) is 1.45. The summed E-state index contributed by atoms with van der Waals surface area (Å²) in [6, 6.07) is 7.08. The molecule has 4 heteroatoms. The van der Waals surface area contributed by atoms with Crippen LogP contribution in [0.5, 0.6) is 11.5 Å². The van der Waals surface area contributed by atoms with Gasteiger partial charge in [0.1, 0.15) is 13.2 Å². The number of hydrogen-bond donors (Lipinski definition) is 2. The fourth-order valence-electron chi connectivity index (χ4n) is 1.24. The molecule has 0 saturated heterocycles. The molecular formula is C10H10O4. The number of rotatable bonds is 2. The van der Waals surface area contributed by atoms with E-state index in [1.54, 1.807) is 24.3 Å². The average molecular weight is 194 g/mol. The van der Waals surface area contributed by atoms with E-state index >= 15 is 0 Å². The molecule has 1 aliphatic rings. The molecule has 0 aliphatic carbocycles. The van der Waals surface area contributed by atoms with E-state index in [2.05, 4.69) is 0 Å². The quantitative estimate of drug-likeness (QED) is 0.725. The molecular weight excluding hydrogens is 184 g/mol. The normalized spacial score (nSPS) is 14.4. The third-order valence-electron chi connectivity index (χ3n) is 1.91. The van der Waals surface area contributed by atoms with Gasteiger partial charge in [-0.3, -0.25) is 0 Å². The van der Waals surface area contributed by atoms with Gasteiger partial charge in [0.25, 0.3) is 0 Å². The van der Waals surface area contributed by atoms with Crippen LogP contribution in [0.25, 0.3) is 0 Å². The Hall–Kier alpha value is -1.52. The molecule has 2 rings (SSSR count). The highest BCUT2D eigenvalue weighted by Gasteiger charge is 2.19. The monoisotopic (exact) mass is 194 g/mol. The SMILES string of the molecule is OCC1=C(CO)Oc2ccccc2O1. The van der Waals surface area contributed by atoms with Gasteiger partial charge in [-0.25, -0.2) is 0 Å². The fourth-order valence-corrected chi connectivity index (χ4v) is 1.24. The Morgan fingerprint density at radius 2 is 1.29 bits per heavy atom. The van der Waals surface area contributed by atoms with Gasteiger partial charge in [-0.05, 0) is 12.1 Å². The minimum Gasteiger partial charge on any atom is -0.452 e. The molecule has 0 radical (unpaired) electrons. The zero-order chi connectivity index (χ0) is 9.97. The van der Waals surface area contributed by atoms with Gasteiger partial charge in [0.05, 0.1) is 0 Å². The molecule has 1 aromatic carbocycles. The van der Waals surface area contributed by atoms with Crippen LogP contribution in [0.2, 0.25) is 0 Å². The topological polar surface area (TPSA) is 58.9 Å². The number of para-hydroxylation sites is 2. The van der Waals surface area contributed by atoms with Crippen molar-refractivity contribution >= 4 is 0 Å². The van der Waals surface area contributed by atoms with Crippen molar-refractivity contribution in [3.63, 3.8) is 0 Å². The van der Waals surface area contributed by atoms with Crippen LogP contribution in [-0.4, -0.2) is 23.4 Å². The largest absolute Gasteiger partial charge is 0.452 e. The molecule has 2 N–H and O–H groups in total. The number of ether oxygens (including phenoxy) is 2. The number of aliphatic hydroxyl groups excluding tert-OH is 2. The van der Waals surface area contributed by atoms with Gasteiger partial charge in [0.15, 0.2) is 23.0 Å². The van der Waals surface area contributed by atoms with Crippen molar-refractivity contribution in [1.82, 2.24) is 0 Å². The summed E-state index contributed by atoms with van der Waals surface area (Å²) in [6.45, 7) is -0.575. The lowest BCUT2D eigenvalue weighted by Gasteiger charge is -2.21. The Morgan fingerprint density at radius 1 is 0.857 bits per heavy atom. The van der Waals surface area contributed by atoms with Crippen molar-refractivity contribution in [1.29, 1.82) is 0 Å². The maximum Gasteiger partial charge on any atom is 0.170 e. The zero-order valence-corrected chi connectivity index (χ0v) is 7.43. The Balaban J connectivity index is 2.35. The van der Waals surface area contributed by atoms with Crippen LogP contribution in [0.4, 0.5) is 0 Å². The highest BCUT2D eigenvalue weighted by Crippen LogP contribution is 2.34. The predicted molar refractivity (Wildman–Crippen MR) is 48.9 cm³/mol. The van der Waals surface area contributed by atoms with Gasteiger partial charge in [0, 0.05) is 0 Å². The molecule has 74 valence electrons. The Bertz CT molecular complexity index is 335. The second kappa shape index (κ2) is 3.69.